The summed E-state index contributed by atoms with van der Waals surface area (Å²) in [5.74, 6) is 0.281. The Morgan fingerprint density at radius 2 is 2.03 bits per heavy atom. The molecule has 0 aliphatic heterocycles. The van der Waals surface area contributed by atoms with Crippen molar-refractivity contribution in [2.75, 3.05) is 7.11 Å². The van der Waals surface area contributed by atoms with Crippen molar-refractivity contribution in [3.63, 3.8) is 0 Å². The van der Waals surface area contributed by atoms with Crippen LogP contribution in [0.4, 0.5) is 0 Å². The van der Waals surface area contributed by atoms with E-state index in [1.54, 1.807) is 13.3 Å². The van der Waals surface area contributed by atoms with Crippen molar-refractivity contribution in [3.8, 4) is 0 Å². The van der Waals surface area contributed by atoms with Gasteiger partial charge in [-0.3, -0.25) is 0 Å². The van der Waals surface area contributed by atoms with E-state index in [4.69, 9.17) is 18.9 Å². The van der Waals surface area contributed by atoms with E-state index in [0.717, 1.165) is 64.5 Å². The van der Waals surface area contributed by atoms with E-state index in [1.807, 2.05) is 26.0 Å². The molecular weight excluding hydrogens is 382 g/mol. The lowest BCUT2D eigenvalue weighted by molar-refractivity contribution is 0.0366. The second-order valence-electron chi connectivity index (χ2n) is 7.79. The number of oxazole rings is 1. The topological polar surface area (TPSA) is 90.2 Å². The summed E-state index contributed by atoms with van der Waals surface area (Å²) in [6.07, 6.45) is 5.58. The minimum Gasteiger partial charge on any atom is -0.458 e. The highest BCUT2D eigenvalue weighted by Gasteiger charge is 2.23. The molecule has 30 heavy (non-hydrogen) atoms. The number of rotatable bonds is 8. The van der Waals surface area contributed by atoms with Gasteiger partial charge in [-0.05, 0) is 32.4 Å². The van der Waals surface area contributed by atoms with Gasteiger partial charge in [0.05, 0.1) is 24.4 Å². The zero-order valence-corrected chi connectivity index (χ0v) is 17.9. The SMILES string of the molecule is CCCCCc1nc2c(ccc3[nH]c4cnc(C(=O)OC(C)C)c(COC)c4c32)o1. The summed E-state index contributed by atoms with van der Waals surface area (Å²) < 4.78 is 16.8. The van der Waals surface area contributed by atoms with Crippen LogP contribution in [0.1, 0.15) is 62.0 Å². The number of methoxy groups -OCH3 is 1. The maximum Gasteiger partial charge on any atom is 0.357 e. The van der Waals surface area contributed by atoms with Crippen molar-refractivity contribution in [1.82, 2.24) is 15.0 Å². The molecule has 4 aromatic rings. The molecule has 3 aromatic heterocycles. The Bertz CT molecular complexity index is 1210. The highest BCUT2D eigenvalue weighted by Crippen LogP contribution is 2.35. The fraction of sp³-hybridized carbons (Fsp3) is 0.435. The van der Waals surface area contributed by atoms with Crippen LogP contribution < -0.4 is 0 Å². The van der Waals surface area contributed by atoms with Crippen molar-refractivity contribution >= 4 is 38.9 Å². The summed E-state index contributed by atoms with van der Waals surface area (Å²) in [5.41, 5.74) is 4.22. The Labute approximate surface area is 174 Å². The third-order valence-corrected chi connectivity index (χ3v) is 5.12. The molecule has 0 saturated carbocycles. The van der Waals surface area contributed by atoms with E-state index in [-0.39, 0.29) is 18.4 Å². The van der Waals surface area contributed by atoms with Gasteiger partial charge in [-0.15, -0.1) is 0 Å². The molecule has 0 aliphatic carbocycles. The quantitative estimate of drug-likeness (QED) is 0.314. The molecule has 7 nitrogen and oxygen atoms in total. The zero-order chi connectivity index (χ0) is 21.3. The number of aromatic nitrogens is 3. The van der Waals surface area contributed by atoms with Gasteiger partial charge < -0.3 is 18.9 Å². The molecule has 4 rings (SSSR count). The first-order chi connectivity index (χ1) is 14.5. The van der Waals surface area contributed by atoms with Crippen LogP contribution in [0.15, 0.2) is 22.7 Å². The Hall–Kier alpha value is -2.93. The van der Waals surface area contributed by atoms with Crippen molar-refractivity contribution < 1.29 is 18.7 Å². The van der Waals surface area contributed by atoms with Crippen LogP contribution in [0.25, 0.3) is 32.9 Å². The molecule has 1 N–H and O–H groups in total. The molecule has 0 unspecified atom stereocenters. The lowest BCUT2D eigenvalue weighted by atomic mass is 10.0. The van der Waals surface area contributed by atoms with E-state index < -0.39 is 5.97 Å². The number of unbranched alkanes of at least 4 members (excludes halogenated alkanes) is 2. The number of aromatic amines is 1. The van der Waals surface area contributed by atoms with Crippen LogP contribution in [-0.2, 0) is 22.5 Å². The third kappa shape index (κ3) is 3.65. The third-order valence-electron chi connectivity index (χ3n) is 5.12. The Kier molecular flexibility index (Phi) is 5.72. The number of carbonyl (C=O) groups excluding carboxylic acids is 1. The molecule has 0 fully saturated rings. The van der Waals surface area contributed by atoms with Crippen molar-refractivity contribution in [3.05, 3.63) is 35.5 Å². The summed E-state index contributed by atoms with van der Waals surface area (Å²) in [4.78, 5) is 25.2. The largest absolute Gasteiger partial charge is 0.458 e. The zero-order valence-electron chi connectivity index (χ0n) is 17.9. The molecule has 0 saturated heterocycles. The highest BCUT2D eigenvalue weighted by molar-refractivity contribution is 6.20. The number of nitrogens with one attached hydrogen (secondary N) is 1. The normalized spacial score (nSPS) is 11.9. The molecule has 158 valence electrons. The first-order valence-corrected chi connectivity index (χ1v) is 10.4. The van der Waals surface area contributed by atoms with E-state index in [9.17, 15) is 4.79 Å². The van der Waals surface area contributed by atoms with E-state index in [2.05, 4.69) is 16.9 Å². The number of H-pyrrole nitrogens is 1. The number of pyridine rings is 1. The van der Waals surface area contributed by atoms with Crippen LogP contribution in [-0.4, -0.2) is 34.1 Å². The summed E-state index contributed by atoms with van der Waals surface area (Å²) in [6, 6.07) is 3.90. The molecule has 0 bridgehead atoms. The monoisotopic (exact) mass is 409 g/mol. The Balaban J connectivity index is 1.94. The Morgan fingerprint density at radius 3 is 2.77 bits per heavy atom. The molecular formula is C23H27N3O4. The molecule has 0 atom stereocenters. The number of benzene rings is 1. The van der Waals surface area contributed by atoms with Crippen molar-refractivity contribution in [2.45, 2.75) is 59.2 Å². The molecule has 0 radical (unpaired) electrons. The first kappa shape index (κ1) is 20.3. The number of carbonyl (C=O) groups is 1. The van der Waals surface area contributed by atoms with Crippen molar-refractivity contribution in [1.29, 1.82) is 0 Å². The standard InChI is InChI=1S/C23H27N3O4/c1-5-6-7-8-18-26-22-17(30-18)10-9-15-20(22)19-14(12-28-4)21(23(27)29-13(2)3)24-11-16(19)25-15/h9-11,13,25H,5-8,12H2,1-4H3. The molecule has 1 aromatic carbocycles. The van der Waals surface area contributed by atoms with E-state index >= 15 is 0 Å². The van der Waals surface area contributed by atoms with Gasteiger partial charge in [0, 0.05) is 35.4 Å². The van der Waals surface area contributed by atoms with Gasteiger partial charge in [-0.1, -0.05) is 19.8 Å². The number of ether oxygens (including phenoxy) is 2. The highest BCUT2D eigenvalue weighted by atomic mass is 16.5. The predicted molar refractivity (Wildman–Crippen MR) is 116 cm³/mol. The first-order valence-electron chi connectivity index (χ1n) is 10.4. The fourth-order valence-corrected chi connectivity index (χ4v) is 3.84. The molecule has 0 aliphatic rings. The van der Waals surface area contributed by atoms with Gasteiger partial charge in [0.2, 0.25) is 0 Å². The van der Waals surface area contributed by atoms with Crippen LogP contribution in [0, 0.1) is 0 Å². The lowest BCUT2D eigenvalue weighted by Gasteiger charge is -2.11. The average molecular weight is 409 g/mol. The number of fused-ring (bicyclic) bond motifs is 5. The maximum atomic E-state index is 12.7. The number of hydrogen-bond donors (Lipinski definition) is 1. The van der Waals surface area contributed by atoms with E-state index in [1.165, 1.54) is 0 Å². The Morgan fingerprint density at radius 1 is 1.20 bits per heavy atom. The number of hydrogen-bond acceptors (Lipinski definition) is 6. The van der Waals surface area contributed by atoms with E-state index in [0.29, 0.717) is 5.56 Å². The fourth-order valence-electron chi connectivity index (χ4n) is 3.84. The predicted octanol–water partition coefficient (Wildman–Crippen LogP) is 5.30. The summed E-state index contributed by atoms with van der Waals surface area (Å²) >= 11 is 0. The molecule has 0 spiro atoms. The van der Waals surface area contributed by atoms with Crippen LogP contribution in [0.2, 0.25) is 0 Å². The van der Waals surface area contributed by atoms with Gasteiger partial charge in [0.25, 0.3) is 0 Å². The lowest BCUT2D eigenvalue weighted by Crippen LogP contribution is -2.15. The van der Waals surface area contributed by atoms with Gasteiger partial charge in [-0.25, -0.2) is 14.8 Å². The van der Waals surface area contributed by atoms with Crippen LogP contribution in [0.3, 0.4) is 0 Å². The second-order valence-corrected chi connectivity index (χ2v) is 7.79. The number of esters is 1. The summed E-state index contributed by atoms with van der Waals surface area (Å²) in [6.45, 7) is 6.04. The molecule has 7 heteroatoms. The summed E-state index contributed by atoms with van der Waals surface area (Å²) in [7, 11) is 1.60. The second kappa shape index (κ2) is 8.44. The van der Waals surface area contributed by atoms with Gasteiger partial charge in [0.1, 0.15) is 5.52 Å². The smallest absolute Gasteiger partial charge is 0.357 e. The molecule has 3 heterocycles. The number of nitrogens with zero attached hydrogens (tertiary/aromatic N) is 2. The summed E-state index contributed by atoms with van der Waals surface area (Å²) in [5, 5.41) is 1.79. The van der Waals surface area contributed by atoms with Crippen LogP contribution >= 0.6 is 0 Å². The van der Waals surface area contributed by atoms with Gasteiger partial charge in [-0.2, -0.15) is 0 Å². The maximum absolute atomic E-state index is 12.7. The minimum absolute atomic E-state index is 0.234. The van der Waals surface area contributed by atoms with Gasteiger partial charge in [0.15, 0.2) is 17.2 Å². The van der Waals surface area contributed by atoms with Gasteiger partial charge >= 0.3 is 5.97 Å². The van der Waals surface area contributed by atoms with Crippen molar-refractivity contribution in [2.24, 2.45) is 0 Å². The molecule has 0 amide bonds. The minimum atomic E-state index is -0.458. The average Bonchev–Trinajstić information content (AvgIpc) is 3.28. The van der Waals surface area contributed by atoms with Crippen LogP contribution in [0.5, 0.6) is 0 Å². The number of aryl methyl sites for hydroxylation is 1.